The van der Waals surface area contributed by atoms with E-state index in [0.29, 0.717) is 12.5 Å². The molecule has 0 aromatic heterocycles. The molecule has 0 fully saturated rings. The monoisotopic (exact) mass is 262 g/mol. The van der Waals surface area contributed by atoms with Gasteiger partial charge in [-0.05, 0) is 30.5 Å². The number of anilines is 1. The maximum atomic E-state index is 11.2. The van der Waals surface area contributed by atoms with Crippen LogP contribution in [0.5, 0.6) is 0 Å². The molecular weight excluding hydrogens is 240 g/mol. The minimum Gasteiger partial charge on any atom is -0.370 e. The lowest BCUT2D eigenvalue weighted by Gasteiger charge is -2.09. The van der Waals surface area contributed by atoms with Crippen molar-refractivity contribution in [1.82, 2.24) is 5.32 Å². The molecule has 1 amide bonds. The Hall–Kier alpha value is -2.04. The Morgan fingerprint density at radius 1 is 1.42 bits per heavy atom. The fourth-order valence-corrected chi connectivity index (χ4v) is 1.57. The van der Waals surface area contributed by atoms with Gasteiger partial charge >= 0.3 is 0 Å². The molecule has 0 heterocycles. The normalized spacial score (nSPS) is 11.5. The zero-order valence-corrected chi connectivity index (χ0v) is 11.7. The van der Waals surface area contributed by atoms with Crippen molar-refractivity contribution in [3.8, 4) is 0 Å². The molecule has 0 radical (unpaired) electrons. The third kappa shape index (κ3) is 5.42. The summed E-state index contributed by atoms with van der Waals surface area (Å²) in [6, 6.07) is 7.98. The summed E-state index contributed by atoms with van der Waals surface area (Å²) in [5.74, 6) is 0.561. The molecule has 0 aliphatic rings. The van der Waals surface area contributed by atoms with Crippen molar-refractivity contribution in [3.05, 3.63) is 29.8 Å². The van der Waals surface area contributed by atoms with E-state index in [4.69, 9.17) is 5.73 Å². The summed E-state index contributed by atoms with van der Waals surface area (Å²) >= 11 is 0. The van der Waals surface area contributed by atoms with E-state index < -0.39 is 0 Å². The smallest absolute Gasteiger partial charge is 0.241 e. The number of guanidine groups is 1. The maximum Gasteiger partial charge on any atom is 0.241 e. The summed E-state index contributed by atoms with van der Waals surface area (Å²) in [6.07, 6.45) is 0. The number of carbonyl (C=O) groups excluding carboxylic acids is 1. The first-order valence-corrected chi connectivity index (χ1v) is 6.46. The van der Waals surface area contributed by atoms with Crippen molar-refractivity contribution < 1.29 is 4.79 Å². The van der Waals surface area contributed by atoms with Crippen molar-refractivity contribution in [2.24, 2.45) is 10.7 Å². The third-order valence-electron chi connectivity index (χ3n) is 2.59. The molecule has 0 aliphatic carbocycles. The molecule has 5 heteroatoms. The van der Waals surface area contributed by atoms with Gasteiger partial charge in [0.15, 0.2) is 5.96 Å². The summed E-state index contributed by atoms with van der Waals surface area (Å²) in [7, 11) is 0. The Morgan fingerprint density at radius 3 is 2.79 bits per heavy atom. The van der Waals surface area contributed by atoms with Gasteiger partial charge in [-0.1, -0.05) is 26.0 Å². The number of nitrogens with zero attached hydrogens (tertiary/aromatic N) is 1. The predicted molar refractivity (Wildman–Crippen MR) is 79.3 cm³/mol. The van der Waals surface area contributed by atoms with Crippen molar-refractivity contribution in [1.29, 1.82) is 0 Å². The summed E-state index contributed by atoms with van der Waals surface area (Å²) < 4.78 is 0. The second-order valence-corrected chi connectivity index (χ2v) is 4.56. The van der Waals surface area contributed by atoms with E-state index in [1.807, 2.05) is 25.1 Å². The molecule has 5 nitrogen and oxygen atoms in total. The fraction of sp³-hybridized carbons (Fsp3) is 0.429. The number of nitrogens with one attached hydrogen (secondary N) is 2. The highest BCUT2D eigenvalue weighted by molar-refractivity contribution is 5.93. The first-order chi connectivity index (χ1) is 9.02. The van der Waals surface area contributed by atoms with E-state index in [9.17, 15) is 4.79 Å². The van der Waals surface area contributed by atoms with Gasteiger partial charge in [0.1, 0.15) is 6.54 Å². The number of likely N-dealkylation sites (N-methyl/N-ethyl adjacent to an activating group) is 1. The minimum atomic E-state index is -0.136. The van der Waals surface area contributed by atoms with Gasteiger partial charge in [-0.3, -0.25) is 4.79 Å². The zero-order valence-electron chi connectivity index (χ0n) is 11.7. The van der Waals surface area contributed by atoms with Crippen molar-refractivity contribution in [2.75, 3.05) is 18.4 Å². The van der Waals surface area contributed by atoms with Gasteiger partial charge in [0.25, 0.3) is 0 Å². The molecule has 19 heavy (non-hydrogen) atoms. The second kappa shape index (κ2) is 7.41. The molecule has 0 saturated heterocycles. The molecule has 104 valence electrons. The van der Waals surface area contributed by atoms with Crippen LogP contribution in [-0.4, -0.2) is 25.0 Å². The molecule has 1 rings (SSSR count). The van der Waals surface area contributed by atoms with Crippen LogP contribution in [0.4, 0.5) is 5.69 Å². The number of benzene rings is 1. The van der Waals surface area contributed by atoms with Crippen LogP contribution < -0.4 is 16.4 Å². The lowest BCUT2D eigenvalue weighted by Crippen LogP contribution is -2.28. The van der Waals surface area contributed by atoms with Crippen LogP contribution in [-0.2, 0) is 4.79 Å². The topological polar surface area (TPSA) is 79.5 Å². The lowest BCUT2D eigenvalue weighted by atomic mass is 10.0. The van der Waals surface area contributed by atoms with E-state index in [2.05, 4.69) is 35.5 Å². The Balaban J connectivity index is 2.61. The van der Waals surface area contributed by atoms with Gasteiger partial charge in [-0.15, -0.1) is 0 Å². The lowest BCUT2D eigenvalue weighted by molar-refractivity contribution is -0.119. The molecule has 0 aliphatic heterocycles. The highest BCUT2D eigenvalue weighted by atomic mass is 16.1. The van der Waals surface area contributed by atoms with Crippen molar-refractivity contribution >= 4 is 17.6 Å². The van der Waals surface area contributed by atoms with E-state index in [-0.39, 0.29) is 18.4 Å². The molecule has 0 unspecified atom stereocenters. The van der Waals surface area contributed by atoms with Crippen LogP contribution in [0.2, 0.25) is 0 Å². The number of aliphatic imine (C=N–C) groups is 1. The van der Waals surface area contributed by atoms with E-state index in [1.165, 1.54) is 5.56 Å². The van der Waals surface area contributed by atoms with Gasteiger partial charge < -0.3 is 16.4 Å². The molecule has 4 N–H and O–H groups in total. The van der Waals surface area contributed by atoms with Crippen LogP contribution in [0, 0.1) is 0 Å². The number of carbonyl (C=O) groups is 1. The van der Waals surface area contributed by atoms with Crippen molar-refractivity contribution in [2.45, 2.75) is 26.7 Å². The molecule has 0 bridgehead atoms. The van der Waals surface area contributed by atoms with Crippen LogP contribution in [0.3, 0.4) is 0 Å². The molecule has 0 atom stereocenters. The Kier molecular flexibility index (Phi) is 5.85. The first kappa shape index (κ1) is 15.0. The molecule has 0 saturated carbocycles. The number of rotatable bonds is 5. The largest absolute Gasteiger partial charge is 0.370 e. The Labute approximate surface area is 114 Å². The highest BCUT2D eigenvalue weighted by Crippen LogP contribution is 2.18. The van der Waals surface area contributed by atoms with Gasteiger partial charge in [-0.25, -0.2) is 4.99 Å². The fourth-order valence-electron chi connectivity index (χ4n) is 1.57. The average molecular weight is 262 g/mol. The molecule has 0 spiro atoms. The highest BCUT2D eigenvalue weighted by Gasteiger charge is 2.02. The number of nitrogens with two attached hydrogens (primary N) is 1. The van der Waals surface area contributed by atoms with Gasteiger partial charge in [-0.2, -0.15) is 0 Å². The summed E-state index contributed by atoms with van der Waals surface area (Å²) in [4.78, 5) is 15.2. The predicted octanol–water partition coefficient (Wildman–Crippen LogP) is 1.67. The van der Waals surface area contributed by atoms with Crippen LogP contribution >= 0.6 is 0 Å². The number of hydrogen-bond donors (Lipinski definition) is 3. The molecule has 1 aromatic carbocycles. The van der Waals surface area contributed by atoms with Gasteiger partial charge in [0.05, 0.1) is 0 Å². The Bertz CT molecular complexity index is 455. The minimum absolute atomic E-state index is 0.0382. The Morgan fingerprint density at radius 2 is 2.16 bits per heavy atom. The van der Waals surface area contributed by atoms with Crippen molar-refractivity contribution in [3.63, 3.8) is 0 Å². The van der Waals surface area contributed by atoms with E-state index in [1.54, 1.807) is 0 Å². The van der Waals surface area contributed by atoms with Crippen LogP contribution in [0.15, 0.2) is 29.3 Å². The zero-order chi connectivity index (χ0) is 14.3. The molecule has 1 aromatic rings. The summed E-state index contributed by atoms with van der Waals surface area (Å²) in [6.45, 7) is 6.76. The third-order valence-corrected chi connectivity index (χ3v) is 2.59. The van der Waals surface area contributed by atoms with Crippen LogP contribution in [0.25, 0.3) is 0 Å². The average Bonchev–Trinajstić information content (AvgIpc) is 2.37. The second-order valence-electron chi connectivity index (χ2n) is 4.56. The first-order valence-electron chi connectivity index (χ1n) is 6.46. The summed E-state index contributed by atoms with van der Waals surface area (Å²) in [5.41, 5.74) is 7.84. The summed E-state index contributed by atoms with van der Waals surface area (Å²) in [5, 5.41) is 5.64. The number of hydrogen-bond acceptors (Lipinski definition) is 2. The SMILES string of the molecule is CCNC(=O)CN=C(N)Nc1cccc(C(C)C)c1. The quantitative estimate of drug-likeness (QED) is 0.558. The number of amides is 1. The maximum absolute atomic E-state index is 11.2. The van der Waals surface area contributed by atoms with Crippen LogP contribution in [0.1, 0.15) is 32.3 Å². The van der Waals surface area contributed by atoms with Gasteiger partial charge in [0.2, 0.25) is 5.91 Å². The van der Waals surface area contributed by atoms with Gasteiger partial charge in [0, 0.05) is 12.2 Å². The van der Waals surface area contributed by atoms with E-state index >= 15 is 0 Å². The van der Waals surface area contributed by atoms with E-state index in [0.717, 1.165) is 5.69 Å². The molecular formula is C14H22N4O. The standard InChI is InChI=1S/C14H22N4O/c1-4-16-13(19)9-17-14(15)18-12-7-5-6-11(8-12)10(2)3/h5-8,10H,4,9H2,1-3H3,(H,16,19)(H3,15,17,18).